The topological polar surface area (TPSA) is 286 Å². The number of hydrogen-bond acceptors (Lipinski definition) is 16. The minimum atomic E-state index is -5.45. The van der Waals surface area contributed by atoms with Gasteiger partial charge in [-0.1, -0.05) is 126 Å². The maximum absolute atomic E-state index is 12.8. The lowest BCUT2D eigenvalue weighted by atomic mass is 10.1. The van der Waals surface area contributed by atoms with E-state index in [9.17, 15) is 48.6 Å². The zero-order chi connectivity index (χ0) is 50.8. The van der Waals surface area contributed by atoms with E-state index in [0.29, 0.717) is 32.1 Å². The van der Waals surface area contributed by atoms with Gasteiger partial charge in [-0.2, -0.15) is 9.29 Å². The van der Waals surface area contributed by atoms with Gasteiger partial charge in [0.05, 0.1) is 19.3 Å². The Balaban J connectivity index is 1.87. The number of carbonyl (C=O) groups is 2. The van der Waals surface area contributed by atoms with Crippen LogP contribution in [0.15, 0.2) is 77.8 Å². The third-order valence-electron chi connectivity index (χ3n) is 10.7. The highest BCUT2D eigenvalue weighted by Gasteiger charge is 2.46. The molecule has 69 heavy (non-hydrogen) atoms. The second kappa shape index (κ2) is 36.4. The van der Waals surface area contributed by atoms with Gasteiger partial charge in [-0.25, -0.2) is 13.9 Å². The number of rotatable bonds is 39. The predicted octanol–water partition coefficient (Wildman–Crippen LogP) is 8.52. The number of esters is 2. The molecular weight excluding hydrogens is 936 g/mol. The van der Waals surface area contributed by atoms with E-state index in [4.69, 9.17) is 29.0 Å². The molecular formula is C48H79N3O16P2. The van der Waals surface area contributed by atoms with Crippen LogP contribution in [0.25, 0.3) is 0 Å². The number of nitrogen functional groups attached to an aromatic ring is 1. The van der Waals surface area contributed by atoms with Crippen LogP contribution in [0.1, 0.15) is 155 Å². The SMILES string of the molecule is CCCCC/C=C\C=C/[C@H](O)C/C=C\C/C=C/CCCC(=O)O[C@H](COC(=O)CCCCCCC/C=C\CCCCCC)COP(=O)(O)OP(=O)(O)OC[C@H]1O[C@@H](n2ccc(N)nc2=O)[C@H](O)[C@@H]1O. The molecule has 0 bridgehead atoms. The molecule has 19 nitrogen and oxygen atoms in total. The van der Waals surface area contributed by atoms with Crippen molar-refractivity contribution in [2.75, 3.05) is 25.6 Å². The van der Waals surface area contributed by atoms with Crippen molar-refractivity contribution < 1.29 is 71.4 Å². The number of hydrogen-bond donors (Lipinski definition) is 6. The molecule has 0 radical (unpaired) electrons. The summed E-state index contributed by atoms with van der Waals surface area (Å²) in [6.45, 7) is 1.95. The molecule has 0 spiro atoms. The predicted molar refractivity (Wildman–Crippen MR) is 262 cm³/mol. The molecule has 0 aliphatic carbocycles. The van der Waals surface area contributed by atoms with Gasteiger partial charge < -0.3 is 45.1 Å². The maximum atomic E-state index is 12.8. The smallest absolute Gasteiger partial charge is 0.462 e. The van der Waals surface area contributed by atoms with Crippen LogP contribution in [0, 0.1) is 0 Å². The van der Waals surface area contributed by atoms with Crippen molar-refractivity contribution in [2.45, 2.75) is 185 Å². The summed E-state index contributed by atoms with van der Waals surface area (Å²) < 4.78 is 56.6. The lowest BCUT2D eigenvalue weighted by Gasteiger charge is -2.21. The molecule has 392 valence electrons. The largest absolute Gasteiger partial charge is 0.481 e. The molecule has 1 aromatic heterocycles. The first kappa shape index (κ1) is 61.5. The monoisotopic (exact) mass is 1020 g/mol. The van der Waals surface area contributed by atoms with Crippen molar-refractivity contribution in [1.82, 2.24) is 9.55 Å². The first-order valence-electron chi connectivity index (χ1n) is 24.4. The van der Waals surface area contributed by atoms with E-state index >= 15 is 0 Å². The molecule has 2 heterocycles. The lowest BCUT2D eigenvalue weighted by Crippen LogP contribution is -2.36. The van der Waals surface area contributed by atoms with E-state index < -0.39 is 89.8 Å². The highest BCUT2D eigenvalue weighted by Crippen LogP contribution is 2.60. The minimum Gasteiger partial charge on any atom is -0.462 e. The molecule has 0 saturated carbocycles. The Morgan fingerprint density at radius 2 is 1.36 bits per heavy atom. The van der Waals surface area contributed by atoms with E-state index in [0.717, 1.165) is 62.1 Å². The van der Waals surface area contributed by atoms with Crippen molar-refractivity contribution >= 4 is 33.4 Å². The minimum absolute atomic E-state index is 0.0635. The fourth-order valence-electron chi connectivity index (χ4n) is 6.79. The van der Waals surface area contributed by atoms with Gasteiger partial charge >= 0.3 is 33.3 Å². The zero-order valence-corrected chi connectivity index (χ0v) is 42.2. The van der Waals surface area contributed by atoms with Crippen LogP contribution < -0.4 is 11.4 Å². The fourth-order valence-corrected chi connectivity index (χ4v) is 8.90. The number of anilines is 1. The number of phosphoric ester groups is 2. The zero-order valence-electron chi connectivity index (χ0n) is 40.5. The summed E-state index contributed by atoms with van der Waals surface area (Å²) >= 11 is 0. The van der Waals surface area contributed by atoms with Crippen molar-refractivity contribution in [1.29, 1.82) is 0 Å². The van der Waals surface area contributed by atoms with E-state index in [-0.39, 0.29) is 18.7 Å². The third kappa shape index (κ3) is 29.4. The summed E-state index contributed by atoms with van der Waals surface area (Å²) in [6.07, 6.45) is 30.5. The van der Waals surface area contributed by atoms with Crippen molar-refractivity contribution in [2.24, 2.45) is 0 Å². The van der Waals surface area contributed by atoms with Crippen LogP contribution in [-0.2, 0) is 46.3 Å². The number of ether oxygens (including phenoxy) is 3. The van der Waals surface area contributed by atoms with Crippen molar-refractivity contribution in [3.8, 4) is 0 Å². The van der Waals surface area contributed by atoms with E-state index in [1.807, 2.05) is 36.5 Å². The average molecular weight is 1020 g/mol. The molecule has 1 saturated heterocycles. The van der Waals surface area contributed by atoms with Gasteiger partial charge in [0, 0.05) is 19.0 Å². The Labute approximate surface area is 407 Å². The molecule has 1 fully saturated rings. The number of nitrogens with zero attached hydrogens (tertiary/aromatic N) is 2. The normalized spacial score (nSPS) is 20.3. The van der Waals surface area contributed by atoms with Gasteiger partial charge in [-0.05, 0) is 76.7 Å². The molecule has 1 aliphatic rings. The summed E-state index contributed by atoms with van der Waals surface area (Å²) in [7, 11) is -10.9. The molecule has 7 N–H and O–H groups in total. The van der Waals surface area contributed by atoms with Gasteiger partial charge in [0.2, 0.25) is 0 Å². The van der Waals surface area contributed by atoms with E-state index in [2.05, 4.69) is 41.4 Å². The number of nitrogens with two attached hydrogens (primary N) is 1. The lowest BCUT2D eigenvalue weighted by molar-refractivity contribution is -0.161. The molecule has 8 atom stereocenters. The Morgan fingerprint density at radius 3 is 2.09 bits per heavy atom. The van der Waals surface area contributed by atoms with Crippen LogP contribution in [-0.4, -0.2) is 96.9 Å². The number of aliphatic hydroxyl groups excluding tert-OH is 3. The number of aromatic nitrogens is 2. The molecule has 1 aromatic rings. The number of aliphatic hydroxyl groups is 3. The van der Waals surface area contributed by atoms with Gasteiger partial charge in [0.25, 0.3) is 0 Å². The number of allylic oxidation sites excluding steroid dienone is 8. The average Bonchev–Trinajstić information content (AvgIpc) is 3.58. The van der Waals surface area contributed by atoms with Gasteiger partial charge in [-0.3, -0.25) is 23.2 Å². The Morgan fingerprint density at radius 1 is 0.768 bits per heavy atom. The first-order valence-corrected chi connectivity index (χ1v) is 27.4. The van der Waals surface area contributed by atoms with Crippen LogP contribution >= 0.6 is 15.6 Å². The van der Waals surface area contributed by atoms with Crippen LogP contribution in [0.5, 0.6) is 0 Å². The third-order valence-corrected chi connectivity index (χ3v) is 13.3. The summed E-state index contributed by atoms with van der Waals surface area (Å²) in [5.74, 6) is -1.43. The van der Waals surface area contributed by atoms with Gasteiger partial charge in [-0.15, -0.1) is 0 Å². The molecule has 2 unspecified atom stereocenters. The summed E-state index contributed by atoms with van der Waals surface area (Å²) in [6, 6.07) is 1.24. The summed E-state index contributed by atoms with van der Waals surface area (Å²) in [4.78, 5) is 61.8. The number of phosphoric acid groups is 2. The van der Waals surface area contributed by atoms with E-state index in [1.54, 1.807) is 6.08 Å². The molecule has 0 amide bonds. The number of carbonyl (C=O) groups excluding carboxylic acids is 2. The van der Waals surface area contributed by atoms with Crippen LogP contribution in [0.2, 0.25) is 0 Å². The van der Waals surface area contributed by atoms with E-state index in [1.165, 1.54) is 44.6 Å². The van der Waals surface area contributed by atoms with Crippen molar-refractivity contribution in [3.05, 3.63) is 83.5 Å². The highest BCUT2D eigenvalue weighted by molar-refractivity contribution is 7.61. The van der Waals surface area contributed by atoms with Gasteiger partial charge in [0.1, 0.15) is 30.7 Å². The molecule has 2 rings (SSSR count). The standard InChI is InChI=1S/C48H79N3O16P2/c1-3-5-7-9-11-12-13-14-15-16-20-24-28-32-43(53)62-36-40(65-44(54)33-29-25-21-17-19-23-27-31-39(52)30-26-22-18-10-8-6-4-2)37-63-68(58,59)67-69(60,61)64-38-41-45(55)46(56)47(66-41)51-35-34-42(49)50-48(51)57/h12-13,17-18,21-23,26-27,30,34-35,39-41,45-47,52,55-56H,3-11,14-16,19-20,24-25,28-29,31-33,36-38H2,1-2H3,(H,58,59)(H,60,61)(H2,49,50,57)/b13-12-,21-17+,22-18-,27-23-,30-26-/t39-,40+,41+,45+,46+,47+/m0/s1. The first-order chi connectivity index (χ1) is 33.1. The van der Waals surface area contributed by atoms with Gasteiger partial charge in [0.15, 0.2) is 12.3 Å². The highest BCUT2D eigenvalue weighted by atomic mass is 31.3. The van der Waals surface area contributed by atoms with Crippen molar-refractivity contribution in [3.63, 3.8) is 0 Å². The summed E-state index contributed by atoms with van der Waals surface area (Å²) in [5.41, 5.74) is 4.57. The van der Waals surface area contributed by atoms with Crippen LogP contribution in [0.3, 0.4) is 0 Å². The summed E-state index contributed by atoms with van der Waals surface area (Å²) in [5, 5.41) is 31.0. The fraction of sp³-hybridized carbons (Fsp3) is 0.667. The molecule has 21 heteroatoms. The second-order valence-corrected chi connectivity index (χ2v) is 19.8. The quantitative estimate of drug-likeness (QED) is 0.0118. The number of unbranched alkanes of at least 4 members (excludes halogenated alkanes) is 13. The molecule has 1 aliphatic heterocycles. The molecule has 0 aromatic carbocycles. The second-order valence-electron chi connectivity index (χ2n) is 16.8. The Kier molecular flexibility index (Phi) is 32.4. The maximum Gasteiger partial charge on any atom is 0.481 e. The van der Waals surface area contributed by atoms with Crippen LogP contribution in [0.4, 0.5) is 5.82 Å². The Hall–Kier alpha value is -3.58. The Bertz CT molecular complexity index is 1910.